The molecule has 1 N–H and O–H groups in total. The topological polar surface area (TPSA) is 34.2 Å². The number of methoxy groups -OCH3 is 1. The third kappa shape index (κ3) is 3.06. The van der Waals surface area contributed by atoms with E-state index in [1.54, 1.807) is 7.11 Å². The van der Waals surface area contributed by atoms with Crippen LogP contribution in [-0.4, -0.2) is 19.1 Å². The van der Waals surface area contributed by atoms with Crippen LogP contribution in [0.4, 0.5) is 0 Å². The molecule has 0 aliphatic heterocycles. The Morgan fingerprint density at radius 1 is 1.47 bits per heavy atom. The minimum Gasteiger partial charge on any atom is -0.378 e. The zero-order valence-electron chi connectivity index (χ0n) is 11.0. The second kappa shape index (κ2) is 5.94. The second-order valence-electron chi connectivity index (χ2n) is 5.00. The first-order valence-electron chi connectivity index (χ1n) is 6.36. The maximum absolute atomic E-state index is 5.23. The van der Waals surface area contributed by atoms with Crippen molar-refractivity contribution in [3.05, 3.63) is 15.6 Å². The van der Waals surface area contributed by atoms with Gasteiger partial charge in [-0.2, -0.15) is 0 Å². The van der Waals surface area contributed by atoms with Crippen molar-refractivity contribution in [2.45, 2.75) is 45.3 Å². The van der Waals surface area contributed by atoms with Crippen LogP contribution in [0.1, 0.15) is 47.7 Å². The smallest absolute Gasteiger partial charge is 0.0963 e. The molecule has 1 heterocycles. The van der Waals surface area contributed by atoms with Gasteiger partial charge in [0.25, 0.3) is 0 Å². The summed E-state index contributed by atoms with van der Waals surface area (Å²) >= 11 is 1.87. The molecule has 1 aromatic heterocycles. The Hall–Kier alpha value is -0.450. The Labute approximate surface area is 108 Å². The molecule has 3 nitrogen and oxygen atoms in total. The Balaban J connectivity index is 2.14. The molecule has 2 rings (SSSR count). The summed E-state index contributed by atoms with van der Waals surface area (Å²) in [5.41, 5.74) is 1.13. The van der Waals surface area contributed by atoms with Crippen molar-refractivity contribution in [2.24, 2.45) is 5.92 Å². The number of thiazole rings is 1. The van der Waals surface area contributed by atoms with Gasteiger partial charge in [0.05, 0.1) is 17.3 Å². The minimum atomic E-state index is 0.635. The van der Waals surface area contributed by atoms with Crippen molar-refractivity contribution in [3.8, 4) is 0 Å². The molecule has 0 radical (unpaired) electrons. The van der Waals surface area contributed by atoms with Crippen LogP contribution in [0.2, 0.25) is 0 Å². The van der Waals surface area contributed by atoms with Crippen molar-refractivity contribution < 1.29 is 4.74 Å². The molecule has 1 saturated carbocycles. The van der Waals surface area contributed by atoms with Crippen molar-refractivity contribution in [1.29, 1.82) is 0 Å². The summed E-state index contributed by atoms with van der Waals surface area (Å²) in [6, 6.07) is 0. The highest BCUT2D eigenvalue weighted by Gasteiger charge is 2.26. The van der Waals surface area contributed by atoms with Crippen LogP contribution in [0.25, 0.3) is 0 Å². The number of ether oxygens (including phenoxy) is 1. The summed E-state index contributed by atoms with van der Waals surface area (Å²) in [5.74, 6) is 1.55. The van der Waals surface area contributed by atoms with E-state index in [2.05, 4.69) is 12.2 Å². The van der Waals surface area contributed by atoms with Crippen molar-refractivity contribution >= 4 is 11.3 Å². The minimum absolute atomic E-state index is 0.635. The van der Waals surface area contributed by atoms with E-state index in [4.69, 9.17) is 9.72 Å². The quantitative estimate of drug-likeness (QED) is 0.877. The van der Waals surface area contributed by atoms with Gasteiger partial charge >= 0.3 is 0 Å². The summed E-state index contributed by atoms with van der Waals surface area (Å²) in [5, 5.41) is 4.54. The van der Waals surface area contributed by atoms with E-state index in [0.29, 0.717) is 12.5 Å². The van der Waals surface area contributed by atoms with Crippen LogP contribution in [0.5, 0.6) is 0 Å². The van der Waals surface area contributed by atoms with E-state index in [1.165, 1.54) is 29.1 Å². The molecule has 0 amide bonds. The first-order chi connectivity index (χ1) is 8.24. The first kappa shape index (κ1) is 13.0. The number of hydrogen-bond acceptors (Lipinski definition) is 4. The molecule has 17 heavy (non-hydrogen) atoms. The molecule has 1 aliphatic rings. The van der Waals surface area contributed by atoms with Crippen LogP contribution in [0.15, 0.2) is 0 Å². The lowest BCUT2D eigenvalue weighted by atomic mass is 10.1. The van der Waals surface area contributed by atoms with Gasteiger partial charge in [-0.05, 0) is 25.8 Å². The number of nitrogens with one attached hydrogen (secondary N) is 1. The molecule has 96 valence electrons. The number of hydrogen-bond donors (Lipinski definition) is 1. The van der Waals surface area contributed by atoms with Gasteiger partial charge in [-0.3, -0.25) is 0 Å². The monoisotopic (exact) mass is 254 g/mol. The molecule has 0 aromatic carbocycles. The highest BCUT2D eigenvalue weighted by Crippen LogP contribution is 2.40. The Morgan fingerprint density at radius 2 is 2.29 bits per heavy atom. The maximum atomic E-state index is 5.23. The van der Waals surface area contributed by atoms with Gasteiger partial charge in [-0.25, -0.2) is 4.98 Å². The van der Waals surface area contributed by atoms with Crippen LogP contribution in [0.3, 0.4) is 0 Å². The molecule has 1 fully saturated rings. The summed E-state index contributed by atoms with van der Waals surface area (Å²) in [4.78, 5) is 6.13. The van der Waals surface area contributed by atoms with Gasteiger partial charge in [0, 0.05) is 24.4 Å². The van der Waals surface area contributed by atoms with Gasteiger partial charge in [0.1, 0.15) is 0 Å². The van der Waals surface area contributed by atoms with Crippen molar-refractivity contribution in [2.75, 3.05) is 14.2 Å². The lowest BCUT2D eigenvalue weighted by Crippen LogP contribution is -2.06. The summed E-state index contributed by atoms with van der Waals surface area (Å²) in [7, 11) is 3.72. The third-order valence-electron chi connectivity index (χ3n) is 3.46. The van der Waals surface area contributed by atoms with Gasteiger partial charge < -0.3 is 10.1 Å². The van der Waals surface area contributed by atoms with Gasteiger partial charge in [-0.15, -0.1) is 11.3 Å². The molecule has 0 saturated heterocycles. The van der Waals surface area contributed by atoms with E-state index in [1.807, 2.05) is 18.4 Å². The molecule has 0 spiro atoms. The average molecular weight is 254 g/mol. The molecular formula is C13H22N2OS. The Morgan fingerprint density at radius 3 is 2.88 bits per heavy atom. The number of rotatable bonds is 5. The number of aromatic nitrogens is 1. The molecular weight excluding hydrogens is 232 g/mol. The lowest BCUT2D eigenvalue weighted by molar-refractivity contribution is 0.181. The molecule has 1 aliphatic carbocycles. The summed E-state index contributed by atoms with van der Waals surface area (Å²) < 4.78 is 5.23. The van der Waals surface area contributed by atoms with Gasteiger partial charge in [-0.1, -0.05) is 13.3 Å². The highest BCUT2D eigenvalue weighted by molar-refractivity contribution is 7.11. The third-order valence-corrected chi connectivity index (χ3v) is 4.72. The van der Waals surface area contributed by atoms with Crippen LogP contribution in [0, 0.1) is 5.92 Å². The zero-order valence-corrected chi connectivity index (χ0v) is 11.8. The Kier molecular flexibility index (Phi) is 4.54. The van der Waals surface area contributed by atoms with Crippen LogP contribution < -0.4 is 5.32 Å². The summed E-state index contributed by atoms with van der Waals surface area (Å²) in [6.45, 7) is 3.88. The highest BCUT2D eigenvalue weighted by atomic mass is 32.1. The van der Waals surface area contributed by atoms with Crippen LogP contribution >= 0.6 is 11.3 Å². The first-order valence-corrected chi connectivity index (χ1v) is 7.18. The molecule has 4 heteroatoms. The fraction of sp³-hybridized carbons (Fsp3) is 0.769. The Bertz CT molecular complexity index is 341. The largest absolute Gasteiger partial charge is 0.378 e. The predicted molar refractivity (Wildman–Crippen MR) is 71.3 cm³/mol. The van der Waals surface area contributed by atoms with Crippen molar-refractivity contribution in [3.63, 3.8) is 0 Å². The van der Waals surface area contributed by atoms with Crippen LogP contribution in [-0.2, 0) is 17.9 Å². The maximum Gasteiger partial charge on any atom is 0.0963 e. The van der Waals surface area contributed by atoms with E-state index in [0.717, 1.165) is 18.2 Å². The predicted octanol–water partition coefficient (Wildman–Crippen LogP) is 2.91. The summed E-state index contributed by atoms with van der Waals surface area (Å²) in [6.07, 6.45) is 3.96. The average Bonchev–Trinajstić information content (AvgIpc) is 2.87. The van der Waals surface area contributed by atoms with E-state index in [9.17, 15) is 0 Å². The van der Waals surface area contributed by atoms with E-state index in [-0.39, 0.29) is 0 Å². The van der Waals surface area contributed by atoms with Gasteiger partial charge in [0.15, 0.2) is 0 Å². The van der Waals surface area contributed by atoms with E-state index < -0.39 is 0 Å². The SMILES string of the molecule is CNCc1sc(C2CCC(C)C2)nc1COC. The van der Waals surface area contributed by atoms with E-state index >= 15 is 0 Å². The zero-order chi connectivity index (χ0) is 12.3. The fourth-order valence-corrected chi connectivity index (χ4v) is 3.79. The second-order valence-corrected chi connectivity index (χ2v) is 6.12. The standard InChI is InChI=1S/C13H22N2OS/c1-9-4-5-10(6-9)13-15-11(8-16-3)12(17-13)7-14-2/h9-10,14H,4-8H2,1-3H3. The molecule has 2 atom stereocenters. The van der Waals surface area contributed by atoms with Crippen molar-refractivity contribution in [1.82, 2.24) is 10.3 Å². The lowest BCUT2D eigenvalue weighted by Gasteiger charge is -2.04. The normalized spacial score (nSPS) is 24.4. The van der Waals surface area contributed by atoms with Gasteiger partial charge in [0.2, 0.25) is 0 Å². The molecule has 2 unspecified atom stereocenters. The molecule has 1 aromatic rings. The fourth-order valence-electron chi connectivity index (χ4n) is 2.56. The number of nitrogens with zero attached hydrogens (tertiary/aromatic N) is 1. The molecule has 0 bridgehead atoms.